The monoisotopic (exact) mass is 542 g/mol. The maximum Gasteiger partial charge on any atom is 0.271 e. The van der Waals surface area contributed by atoms with Gasteiger partial charge in [0.15, 0.2) is 0 Å². The second-order valence-electron chi connectivity index (χ2n) is 9.64. The van der Waals surface area contributed by atoms with Crippen LogP contribution in [0.15, 0.2) is 90.0 Å². The molecule has 1 unspecified atom stereocenters. The number of rotatable bonds is 10. The lowest BCUT2D eigenvalue weighted by Gasteiger charge is -2.25. The van der Waals surface area contributed by atoms with E-state index in [0.29, 0.717) is 6.54 Å². The molecule has 0 fully saturated rings. The molecule has 0 heterocycles. The zero-order valence-electron chi connectivity index (χ0n) is 21.7. The second-order valence-corrected chi connectivity index (χ2v) is 10.0. The molecule has 39 heavy (non-hydrogen) atoms. The lowest BCUT2D eigenvalue weighted by molar-refractivity contribution is -0.120. The van der Waals surface area contributed by atoms with Gasteiger partial charge in [-0.3, -0.25) is 9.59 Å². The predicted octanol–water partition coefficient (Wildman–Crippen LogP) is 5.28. The summed E-state index contributed by atoms with van der Waals surface area (Å²) in [6.45, 7) is 2.56. The molecule has 7 nitrogen and oxygen atoms in total. The van der Waals surface area contributed by atoms with Crippen molar-refractivity contribution in [2.75, 3.05) is 6.54 Å². The van der Waals surface area contributed by atoms with Gasteiger partial charge in [0.25, 0.3) is 5.91 Å². The summed E-state index contributed by atoms with van der Waals surface area (Å²) in [7, 11) is 0. The minimum Gasteiger partial charge on any atom is -0.506 e. The number of carbonyl (C=O) groups is 2. The molecular weight excluding hydrogens is 512 g/mol. The quantitative estimate of drug-likeness (QED) is 0.124. The summed E-state index contributed by atoms with van der Waals surface area (Å²) in [5.41, 5.74) is 11.6. The van der Waals surface area contributed by atoms with Gasteiger partial charge in [-0.1, -0.05) is 78.3 Å². The van der Waals surface area contributed by atoms with E-state index in [0.717, 1.165) is 40.3 Å². The Morgan fingerprint density at radius 1 is 1.00 bits per heavy atom. The lowest BCUT2D eigenvalue weighted by Crippen LogP contribution is -2.34. The van der Waals surface area contributed by atoms with Crippen LogP contribution in [-0.4, -0.2) is 29.7 Å². The topological polar surface area (TPSA) is 117 Å². The van der Waals surface area contributed by atoms with Crippen LogP contribution in [0.25, 0.3) is 10.8 Å². The van der Waals surface area contributed by atoms with Gasteiger partial charge in [0.1, 0.15) is 5.75 Å². The van der Waals surface area contributed by atoms with E-state index >= 15 is 0 Å². The Balaban J connectivity index is 1.35. The largest absolute Gasteiger partial charge is 0.506 e. The van der Waals surface area contributed by atoms with E-state index in [1.165, 1.54) is 18.2 Å². The van der Waals surface area contributed by atoms with Crippen molar-refractivity contribution in [3.63, 3.8) is 0 Å². The van der Waals surface area contributed by atoms with Gasteiger partial charge in [-0.2, -0.15) is 5.10 Å². The van der Waals surface area contributed by atoms with Crippen molar-refractivity contribution in [3.8, 4) is 5.75 Å². The van der Waals surface area contributed by atoms with Crippen molar-refractivity contribution in [1.29, 1.82) is 0 Å². The fourth-order valence-electron chi connectivity index (χ4n) is 4.41. The van der Waals surface area contributed by atoms with Crippen LogP contribution >= 0.6 is 11.6 Å². The summed E-state index contributed by atoms with van der Waals surface area (Å²) in [4.78, 5) is 25.1. The molecule has 0 aliphatic rings. The molecule has 4 rings (SSSR count). The number of nitrogens with two attached hydrogens (primary N) is 1. The van der Waals surface area contributed by atoms with Gasteiger partial charge in [-0.25, -0.2) is 5.43 Å². The molecule has 5 N–H and O–H groups in total. The molecule has 0 aliphatic heterocycles. The molecule has 0 saturated heterocycles. The minimum atomic E-state index is -0.454. The highest BCUT2D eigenvalue weighted by Gasteiger charge is 2.20. The molecule has 0 saturated carbocycles. The molecule has 2 amide bonds. The summed E-state index contributed by atoms with van der Waals surface area (Å²) in [6, 6.07) is 25.7. The molecule has 200 valence electrons. The average Bonchev–Trinajstić information content (AvgIpc) is 2.94. The number of phenolic OH excluding ortho intramolecular Hbond substituents is 1. The van der Waals surface area contributed by atoms with E-state index in [9.17, 15) is 14.7 Å². The number of hydrazone groups is 1. The molecule has 1 atom stereocenters. The molecule has 4 aromatic carbocycles. The minimum absolute atomic E-state index is 0.0557. The van der Waals surface area contributed by atoms with Crippen molar-refractivity contribution in [3.05, 3.63) is 112 Å². The zero-order chi connectivity index (χ0) is 27.8. The predicted molar refractivity (Wildman–Crippen MR) is 156 cm³/mol. The van der Waals surface area contributed by atoms with E-state index in [4.69, 9.17) is 17.3 Å². The first-order valence-electron chi connectivity index (χ1n) is 12.7. The van der Waals surface area contributed by atoms with Gasteiger partial charge < -0.3 is 16.2 Å². The van der Waals surface area contributed by atoms with E-state index < -0.39 is 11.4 Å². The number of fused-ring (bicyclic) bond motifs is 1. The number of carbonyl (C=O) groups excluding carboxylic acids is 2. The standard InChI is InChI=1S/C31H31ClN4O3/c1-31(33,24-8-3-2-4-9-24)16-7-17-34-29(38)19-21-12-13-23(26-11-6-5-10-25(21)26)20-35-36-30(39)22-14-15-28(37)27(32)18-22/h2-6,8-15,18,20,37H,7,16-17,19,33H2,1H3,(H,34,38)(H,36,39)/b35-20+. The number of amides is 2. The van der Waals surface area contributed by atoms with E-state index in [1.54, 1.807) is 6.21 Å². The molecule has 4 aromatic rings. The Morgan fingerprint density at radius 3 is 2.46 bits per heavy atom. The van der Waals surface area contributed by atoms with Crippen molar-refractivity contribution in [2.24, 2.45) is 10.8 Å². The number of hydrogen-bond acceptors (Lipinski definition) is 5. The first kappa shape index (κ1) is 27.8. The molecule has 0 bridgehead atoms. The van der Waals surface area contributed by atoms with Gasteiger partial charge in [0, 0.05) is 23.2 Å². The molecular formula is C31H31ClN4O3. The van der Waals surface area contributed by atoms with Gasteiger partial charge in [-0.05, 0) is 59.9 Å². The smallest absolute Gasteiger partial charge is 0.271 e. The lowest BCUT2D eigenvalue weighted by atomic mass is 9.88. The highest BCUT2D eigenvalue weighted by molar-refractivity contribution is 6.32. The third kappa shape index (κ3) is 7.22. The number of benzene rings is 4. The maximum atomic E-state index is 12.7. The zero-order valence-corrected chi connectivity index (χ0v) is 22.4. The third-order valence-electron chi connectivity index (χ3n) is 6.61. The van der Waals surface area contributed by atoms with Crippen LogP contribution in [-0.2, 0) is 16.8 Å². The van der Waals surface area contributed by atoms with E-state index in [-0.39, 0.29) is 28.7 Å². The van der Waals surface area contributed by atoms with Crippen LogP contribution in [0.3, 0.4) is 0 Å². The number of hydrogen-bond donors (Lipinski definition) is 4. The first-order chi connectivity index (χ1) is 18.7. The average molecular weight is 543 g/mol. The van der Waals surface area contributed by atoms with Crippen molar-refractivity contribution in [2.45, 2.75) is 31.7 Å². The van der Waals surface area contributed by atoms with Crippen LogP contribution in [0.4, 0.5) is 0 Å². The van der Waals surface area contributed by atoms with Gasteiger partial charge in [0.2, 0.25) is 5.91 Å². The van der Waals surface area contributed by atoms with Gasteiger partial charge >= 0.3 is 0 Å². The molecule has 0 aliphatic carbocycles. The van der Waals surface area contributed by atoms with Gasteiger partial charge in [-0.15, -0.1) is 0 Å². The van der Waals surface area contributed by atoms with Crippen LogP contribution in [0.2, 0.25) is 5.02 Å². The SMILES string of the molecule is CC(N)(CCCNC(=O)Cc1ccc(/C=N/NC(=O)c2ccc(O)c(Cl)c2)c2ccccc12)c1ccccc1. The fraction of sp³-hybridized carbons (Fsp3) is 0.194. The highest BCUT2D eigenvalue weighted by atomic mass is 35.5. The summed E-state index contributed by atoms with van der Waals surface area (Å²) < 4.78 is 0. The van der Waals surface area contributed by atoms with Crippen molar-refractivity contribution in [1.82, 2.24) is 10.7 Å². The number of aromatic hydroxyl groups is 1. The van der Waals surface area contributed by atoms with E-state index in [1.807, 2.05) is 73.7 Å². The Kier molecular flexibility index (Phi) is 8.96. The van der Waals surface area contributed by atoms with Crippen molar-refractivity contribution < 1.29 is 14.7 Å². The number of nitrogens with zero attached hydrogens (tertiary/aromatic N) is 1. The summed E-state index contributed by atoms with van der Waals surface area (Å²) in [5.74, 6) is -0.608. The van der Waals surface area contributed by atoms with E-state index in [2.05, 4.69) is 15.8 Å². The molecule has 0 spiro atoms. The van der Waals surface area contributed by atoms with Crippen LogP contribution < -0.4 is 16.5 Å². The molecule has 0 radical (unpaired) electrons. The normalized spacial score (nSPS) is 12.8. The van der Waals surface area contributed by atoms with Crippen LogP contribution in [0, 0.1) is 0 Å². The van der Waals surface area contributed by atoms with Crippen molar-refractivity contribution >= 4 is 40.4 Å². The summed E-state index contributed by atoms with van der Waals surface area (Å²) >= 11 is 5.88. The first-order valence-corrected chi connectivity index (χ1v) is 13.1. The van der Waals surface area contributed by atoms with Crippen LogP contribution in [0.5, 0.6) is 5.75 Å². The molecule has 0 aromatic heterocycles. The summed E-state index contributed by atoms with van der Waals surface area (Å²) in [5, 5.41) is 18.6. The highest BCUT2D eigenvalue weighted by Crippen LogP contribution is 2.25. The Labute approximate surface area is 232 Å². The summed E-state index contributed by atoms with van der Waals surface area (Å²) in [6.07, 6.45) is 3.33. The Hall–Kier alpha value is -4.20. The van der Waals surface area contributed by atoms with Gasteiger partial charge in [0.05, 0.1) is 17.7 Å². The Morgan fingerprint density at radius 2 is 1.72 bits per heavy atom. The fourth-order valence-corrected chi connectivity index (χ4v) is 4.59. The van der Waals surface area contributed by atoms with Crippen LogP contribution in [0.1, 0.15) is 46.8 Å². The number of halogens is 1. The number of phenols is 1. The second kappa shape index (κ2) is 12.6. The number of nitrogens with one attached hydrogen (secondary N) is 2. The Bertz CT molecular complexity index is 1500. The maximum absolute atomic E-state index is 12.7. The molecule has 8 heteroatoms. The third-order valence-corrected chi connectivity index (χ3v) is 6.91.